The molecule has 3 heterocycles. The van der Waals surface area contributed by atoms with Crippen LogP contribution in [0.3, 0.4) is 0 Å². The minimum atomic E-state index is -0.141. The molecule has 3 rings (SSSR count). The lowest BCUT2D eigenvalue weighted by atomic mass is 9.97. The standard InChI is InChI=1S/C18H24N4O2/c1-14-19-9-12-22(14)15-5-8-20-16(13-15)17(23)21-10-4-6-18(2,24-3)7-11-21/h5,8-9,12-13H,4,6-7,10-11H2,1-3H3. The first kappa shape index (κ1) is 16.6. The van der Waals surface area contributed by atoms with Crippen molar-refractivity contribution in [2.24, 2.45) is 0 Å². The average Bonchev–Trinajstić information content (AvgIpc) is 2.93. The second-order valence-electron chi connectivity index (χ2n) is 6.54. The molecule has 0 spiro atoms. The van der Waals surface area contributed by atoms with E-state index in [0.717, 1.165) is 37.3 Å². The lowest BCUT2D eigenvalue weighted by molar-refractivity contribution is -0.00538. The van der Waals surface area contributed by atoms with Crippen LogP contribution in [0.5, 0.6) is 0 Å². The van der Waals surface area contributed by atoms with Gasteiger partial charge < -0.3 is 14.2 Å². The van der Waals surface area contributed by atoms with E-state index in [1.54, 1.807) is 19.5 Å². The second kappa shape index (κ2) is 6.73. The molecular formula is C18H24N4O2. The molecule has 1 aliphatic heterocycles. The van der Waals surface area contributed by atoms with E-state index in [1.807, 2.05) is 34.7 Å². The largest absolute Gasteiger partial charge is 0.378 e. The van der Waals surface area contributed by atoms with Crippen LogP contribution in [0.15, 0.2) is 30.7 Å². The summed E-state index contributed by atoms with van der Waals surface area (Å²) in [7, 11) is 1.75. The van der Waals surface area contributed by atoms with Crippen molar-refractivity contribution in [1.29, 1.82) is 0 Å². The highest BCUT2D eigenvalue weighted by atomic mass is 16.5. The number of aryl methyl sites for hydroxylation is 1. The maximum Gasteiger partial charge on any atom is 0.272 e. The van der Waals surface area contributed by atoms with Crippen LogP contribution >= 0.6 is 0 Å². The Labute approximate surface area is 142 Å². The topological polar surface area (TPSA) is 60.2 Å². The zero-order valence-corrected chi connectivity index (χ0v) is 14.5. The zero-order valence-electron chi connectivity index (χ0n) is 14.5. The monoisotopic (exact) mass is 328 g/mol. The first-order chi connectivity index (χ1) is 11.5. The van der Waals surface area contributed by atoms with Crippen LogP contribution in [-0.2, 0) is 4.74 Å². The molecule has 2 aromatic rings. The highest BCUT2D eigenvalue weighted by Gasteiger charge is 2.29. The molecule has 0 aliphatic carbocycles. The number of imidazole rings is 1. The van der Waals surface area contributed by atoms with E-state index >= 15 is 0 Å². The van der Waals surface area contributed by atoms with Crippen LogP contribution in [0.4, 0.5) is 0 Å². The van der Waals surface area contributed by atoms with Gasteiger partial charge in [-0.25, -0.2) is 4.98 Å². The summed E-state index contributed by atoms with van der Waals surface area (Å²) in [5.74, 6) is 0.861. The van der Waals surface area contributed by atoms with Gasteiger partial charge in [0.2, 0.25) is 0 Å². The number of hydrogen-bond donors (Lipinski definition) is 0. The number of ether oxygens (including phenoxy) is 1. The van der Waals surface area contributed by atoms with Crippen molar-refractivity contribution >= 4 is 5.91 Å². The Morgan fingerprint density at radius 3 is 2.79 bits per heavy atom. The van der Waals surface area contributed by atoms with Gasteiger partial charge in [-0.1, -0.05) is 0 Å². The summed E-state index contributed by atoms with van der Waals surface area (Å²) in [5, 5.41) is 0. The van der Waals surface area contributed by atoms with E-state index in [-0.39, 0.29) is 11.5 Å². The van der Waals surface area contributed by atoms with Crippen molar-refractivity contribution in [2.75, 3.05) is 20.2 Å². The van der Waals surface area contributed by atoms with Crippen LogP contribution in [0.25, 0.3) is 5.69 Å². The summed E-state index contributed by atoms with van der Waals surface area (Å²) in [4.78, 5) is 23.3. The molecule has 0 bridgehead atoms. The molecule has 0 N–H and O–H groups in total. The van der Waals surface area contributed by atoms with Gasteiger partial charge in [-0.15, -0.1) is 0 Å². The fourth-order valence-electron chi connectivity index (χ4n) is 3.16. The van der Waals surface area contributed by atoms with Crippen LogP contribution in [0.2, 0.25) is 0 Å². The van der Waals surface area contributed by atoms with E-state index in [1.165, 1.54) is 0 Å². The summed E-state index contributed by atoms with van der Waals surface area (Å²) in [6.07, 6.45) is 8.06. The first-order valence-electron chi connectivity index (χ1n) is 8.33. The van der Waals surface area contributed by atoms with Crippen molar-refractivity contribution in [3.8, 4) is 5.69 Å². The highest BCUT2D eigenvalue weighted by Crippen LogP contribution is 2.25. The van der Waals surface area contributed by atoms with Gasteiger partial charge in [0.05, 0.1) is 11.3 Å². The lowest BCUT2D eigenvalue weighted by Gasteiger charge is -2.26. The van der Waals surface area contributed by atoms with Crippen molar-refractivity contribution < 1.29 is 9.53 Å². The summed E-state index contributed by atoms with van der Waals surface area (Å²) in [6, 6.07) is 3.72. The normalized spacial score (nSPS) is 21.5. The predicted octanol–water partition coefficient (Wildman–Crippen LogP) is 2.61. The summed E-state index contributed by atoms with van der Waals surface area (Å²) < 4.78 is 7.56. The quantitative estimate of drug-likeness (QED) is 0.869. The van der Waals surface area contributed by atoms with Gasteiger partial charge in [0, 0.05) is 38.8 Å². The molecule has 6 nitrogen and oxygen atoms in total. The Morgan fingerprint density at radius 2 is 2.08 bits per heavy atom. The van der Waals surface area contributed by atoms with Crippen molar-refractivity contribution in [3.05, 3.63) is 42.2 Å². The number of pyridine rings is 1. The fourth-order valence-corrected chi connectivity index (χ4v) is 3.16. The Kier molecular flexibility index (Phi) is 4.66. The third-order valence-electron chi connectivity index (χ3n) is 4.89. The molecule has 0 radical (unpaired) electrons. The molecule has 1 fully saturated rings. The number of methoxy groups -OCH3 is 1. The number of likely N-dealkylation sites (tertiary alicyclic amines) is 1. The van der Waals surface area contributed by atoms with E-state index in [4.69, 9.17) is 4.74 Å². The Hall–Kier alpha value is -2.21. The molecule has 1 amide bonds. The molecular weight excluding hydrogens is 304 g/mol. The van der Waals surface area contributed by atoms with Crippen molar-refractivity contribution in [1.82, 2.24) is 19.4 Å². The van der Waals surface area contributed by atoms with Gasteiger partial charge in [0.25, 0.3) is 5.91 Å². The Morgan fingerprint density at radius 1 is 1.25 bits per heavy atom. The minimum Gasteiger partial charge on any atom is -0.378 e. The van der Waals surface area contributed by atoms with Gasteiger partial charge >= 0.3 is 0 Å². The van der Waals surface area contributed by atoms with Crippen LogP contribution in [0.1, 0.15) is 42.5 Å². The predicted molar refractivity (Wildman–Crippen MR) is 91.3 cm³/mol. The van der Waals surface area contributed by atoms with E-state index in [9.17, 15) is 4.79 Å². The zero-order chi connectivity index (χ0) is 17.2. The van der Waals surface area contributed by atoms with Gasteiger partial charge in [-0.3, -0.25) is 9.78 Å². The van der Waals surface area contributed by atoms with Crippen molar-refractivity contribution in [3.63, 3.8) is 0 Å². The fraction of sp³-hybridized carbons (Fsp3) is 0.500. The molecule has 1 atom stereocenters. The summed E-state index contributed by atoms with van der Waals surface area (Å²) in [6.45, 7) is 5.48. The first-order valence-corrected chi connectivity index (χ1v) is 8.33. The van der Waals surface area contributed by atoms with Crippen LogP contribution in [0, 0.1) is 6.92 Å². The number of aromatic nitrogens is 3. The SMILES string of the molecule is COC1(C)CCCN(C(=O)c2cc(-n3ccnc3C)ccn2)CC1. The molecule has 1 saturated heterocycles. The van der Waals surface area contributed by atoms with Gasteiger partial charge in [-0.2, -0.15) is 0 Å². The van der Waals surface area contributed by atoms with Crippen LogP contribution in [-0.4, -0.2) is 51.1 Å². The average molecular weight is 328 g/mol. The number of carbonyl (C=O) groups excluding carboxylic acids is 1. The minimum absolute atomic E-state index is 0.0185. The lowest BCUT2D eigenvalue weighted by Crippen LogP contribution is -2.34. The second-order valence-corrected chi connectivity index (χ2v) is 6.54. The van der Waals surface area contributed by atoms with Gasteiger partial charge in [-0.05, 0) is 45.2 Å². The molecule has 0 aromatic carbocycles. The molecule has 1 unspecified atom stereocenters. The number of carbonyl (C=O) groups is 1. The maximum atomic E-state index is 12.9. The molecule has 128 valence electrons. The Balaban J connectivity index is 1.79. The summed E-state index contributed by atoms with van der Waals surface area (Å²) >= 11 is 0. The van der Waals surface area contributed by atoms with Gasteiger partial charge in [0.1, 0.15) is 11.5 Å². The smallest absolute Gasteiger partial charge is 0.272 e. The third-order valence-corrected chi connectivity index (χ3v) is 4.89. The molecule has 2 aromatic heterocycles. The van der Waals surface area contributed by atoms with Gasteiger partial charge in [0.15, 0.2) is 0 Å². The number of nitrogens with zero attached hydrogens (tertiary/aromatic N) is 4. The van der Waals surface area contributed by atoms with E-state index < -0.39 is 0 Å². The molecule has 6 heteroatoms. The van der Waals surface area contributed by atoms with Crippen molar-refractivity contribution in [2.45, 2.75) is 38.7 Å². The van der Waals surface area contributed by atoms with E-state index in [0.29, 0.717) is 12.2 Å². The Bertz CT molecular complexity index is 727. The third kappa shape index (κ3) is 3.33. The number of amides is 1. The highest BCUT2D eigenvalue weighted by molar-refractivity contribution is 5.92. The summed E-state index contributed by atoms with van der Waals surface area (Å²) in [5.41, 5.74) is 1.24. The van der Waals surface area contributed by atoms with Crippen LogP contribution < -0.4 is 0 Å². The molecule has 0 saturated carbocycles. The molecule has 1 aliphatic rings. The number of hydrogen-bond acceptors (Lipinski definition) is 4. The maximum absolute atomic E-state index is 12.9. The van der Waals surface area contributed by atoms with E-state index in [2.05, 4.69) is 16.9 Å². The molecule has 24 heavy (non-hydrogen) atoms. The number of rotatable bonds is 3.